The summed E-state index contributed by atoms with van der Waals surface area (Å²) in [4.78, 5) is 0. The molecule has 0 bridgehead atoms. The molecule has 0 rings (SSSR count). The summed E-state index contributed by atoms with van der Waals surface area (Å²) in [6.45, 7) is 12.2. The van der Waals surface area contributed by atoms with Crippen molar-refractivity contribution in [3.8, 4) is 0 Å². The van der Waals surface area contributed by atoms with Gasteiger partial charge in [0.1, 0.15) is 0 Å². The van der Waals surface area contributed by atoms with Gasteiger partial charge in [0.15, 0.2) is 0 Å². The van der Waals surface area contributed by atoms with Gasteiger partial charge in [-0.3, -0.25) is 0 Å². The van der Waals surface area contributed by atoms with Crippen LogP contribution in [-0.2, 0) is 9.47 Å². The van der Waals surface area contributed by atoms with E-state index in [0.29, 0.717) is 6.10 Å². The molecule has 0 N–H and O–H groups in total. The molecule has 0 amide bonds. The molecule has 86 valence electrons. The van der Waals surface area contributed by atoms with Crippen LogP contribution in [0.15, 0.2) is 0 Å². The molecule has 0 radical (unpaired) electrons. The third kappa shape index (κ3) is 11.9. The lowest BCUT2D eigenvalue weighted by atomic mass is 10.2. The van der Waals surface area contributed by atoms with Crippen molar-refractivity contribution >= 4 is 0 Å². The van der Waals surface area contributed by atoms with Crippen molar-refractivity contribution in [2.45, 2.75) is 65.6 Å². The van der Waals surface area contributed by atoms with E-state index in [1.54, 1.807) is 0 Å². The molecule has 2 heteroatoms. The predicted molar refractivity (Wildman–Crippen MR) is 60.6 cm³/mol. The molecule has 0 aliphatic heterocycles. The number of hydrogen-bond donors (Lipinski definition) is 0. The van der Waals surface area contributed by atoms with E-state index in [1.807, 2.05) is 0 Å². The Hall–Kier alpha value is -0.0800. The molecular weight excluding hydrogens is 176 g/mol. The largest absolute Gasteiger partial charge is 0.379 e. The highest BCUT2D eigenvalue weighted by molar-refractivity contribution is 4.58. The zero-order valence-corrected chi connectivity index (χ0v) is 10.4. The molecule has 0 unspecified atom stereocenters. The molecule has 0 fully saturated rings. The Labute approximate surface area is 89.0 Å². The Morgan fingerprint density at radius 1 is 0.929 bits per heavy atom. The van der Waals surface area contributed by atoms with Crippen LogP contribution in [0, 0.1) is 0 Å². The molecular formula is C12H26O2. The maximum Gasteiger partial charge on any atom is 0.0598 e. The van der Waals surface area contributed by atoms with Gasteiger partial charge in [0.2, 0.25) is 0 Å². The molecule has 0 heterocycles. The second-order valence-electron chi connectivity index (χ2n) is 4.94. The van der Waals surface area contributed by atoms with Gasteiger partial charge in [-0.2, -0.15) is 0 Å². The Bertz CT molecular complexity index is 125. The van der Waals surface area contributed by atoms with Gasteiger partial charge in [-0.1, -0.05) is 0 Å². The van der Waals surface area contributed by atoms with E-state index < -0.39 is 0 Å². The van der Waals surface area contributed by atoms with Gasteiger partial charge in [0, 0.05) is 13.2 Å². The van der Waals surface area contributed by atoms with Crippen LogP contribution < -0.4 is 0 Å². The molecule has 0 aliphatic carbocycles. The summed E-state index contributed by atoms with van der Waals surface area (Å²) in [5.41, 5.74) is 0.00837. The van der Waals surface area contributed by atoms with Crippen LogP contribution >= 0.6 is 0 Å². The van der Waals surface area contributed by atoms with Gasteiger partial charge < -0.3 is 9.47 Å². The molecule has 0 aromatic heterocycles. The van der Waals surface area contributed by atoms with Gasteiger partial charge >= 0.3 is 0 Å². The summed E-state index contributed by atoms with van der Waals surface area (Å²) in [6.07, 6.45) is 3.84. The van der Waals surface area contributed by atoms with Crippen LogP contribution in [0.4, 0.5) is 0 Å². The minimum Gasteiger partial charge on any atom is -0.379 e. The minimum atomic E-state index is 0.00837. The van der Waals surface area contributed by atoms with Crippen molar-refractivity contribution in [2.24, 2.45) is 0 Å². The number of unbranched alkanes of at least 4 members (excludes halogenated alkanes) is 2. The minimum absolute atomic E-state index is 0.00837. The van der Waals surface area contributed by atoms with Crippen LogP contribution in [0.1, 0.15) is 53.9 Å². The van der Waals surface area contributed by atoms with Crippen LogP contribution in [0.5, 0.6) is 0 Å². The highest BCUT2D eigenvalue weighted by Crippen LogP contribution is 2.08. The molecule has 0 spiro atoms. The van der Waals surface area contributed by atoms with Crippen LogP contribution in [0.3, 0.4) is 0 Å². The zero-order valence-electron chi connectivity index (χ0n) is 10.4. The van der Waals surface area contributed by atoms with E-state index >= 15 is 0 Å². The number of hydrogen-bond acceptors (Lipinski definition) is 2. The Morgan fingerprint density at radius 2 is 1.50 bits per heavy atom. The lowest BCUT2D eigenvalue weighted by Gasteiger charge is -2.19. The number of rotatable bonds is 7. The first-order chi connectivity index (χ1) is 6.42. The molecule has 0 aromatic carbocycles. The van der Waals surface area contributed by atoms with Gasteiger partial charge in [0.05, 0.1) is 11.7 Å². The smallest absolute Gasteiger partial charge is 0.0598 e. The highest BCUT2D eigenvalue weighted by Gasteiger charge is 2.08. The lowest BCUT2D eigenvalue weighted by Crippen LogP contribution is -2.19. The Morgan fingerprint density at radius 3 is 2.00 bits per heavy atom. The van der Waals surface area contributed by atoms with E-state index in [4.69, 9.17) is 9.47 Å². The normalized spacial score (nSPS) is 12.4. The number of ether oxygens (including phenoxy) is 2. The van der Waals surface area contributed by atoms with Gasteiger partial charge in [-0.15, -0.1) is 0 Å². The first-order valence-corrected chi connectivity index (χ1v) is 5.67. The molecule has 2 nitrogen and oxygen atoms in total. The second kappa shape index (κ2) is 7.24. The summed E-state index contributed by atoms with van der Waals surface area (Å²) in [6, 6.07) is 0. The van der Waals surface area contributed by atoms with Gasteiger partial charge in [-0.05, 0) is 53.9 Å². The summed E-state index contributed by atoms with van der Waals surface area (Å²) in [5.74, 6) is 0. The third-order valence-corrected chi connectivity index (χ3v) is 1.77. The van der Waals surface area contributed by atoms with E-state index in [-0.39, 0.29) is 5.60 Å². The van der Waals surface area contributed by atoms with Crippen molar-refractivity contribution < 1.29 is 9.47 Å². The SMILES string of the molecule is CC(C)OCCCCCOC(C)(C)C. The maximum absolute atomic E-state index is 5.62. The standard InChI is InChI=1S/C12H26O2/c1-11(2)13-9-7-6-8-10-14-12(3,4)5/h11H,6-10H2,1-5H3. The summed E-state index contributed by atoms with van der Waals surface area (Å²) >= 11 is 0. The first kappa shape index (κ1) is 13.9. The Kier molecular flexibility index (Phi) is 7.20. The van der Waals surface area contributed by atoms with Gasteiger partial charge in [-0.25, -0.2) is 0 Å². The second-order valence-corrected chi connectivity index (χ2v) is 4.94. The molecule has 0 aromatic rings. The van der Waals surface area contributed by atoms with E-state index in [9.17, 15) is 0 Å². The monoisotopic (exact) mass is 202 g/mol. The molecule has 0 saturated carbocycles. The molecule has 0 saturated heterocycles. The average molecular weight is 202 g/mol. The fourth-order valence-corrected chi connectivity index (χ4v) is 1.08. The van der Waals surface area contributed by atoms with Crippen molar-refractivity contribution in [1.82, 2.24) is 0 Å². The summed E-state index contributed by atoms with van der Waals surface area (Å²) in [7, 11) is 0. The fourth-order valence-electron chi connectivity index (χ4n) is 1.08. The van der Waals surface area contributed by atoms with Crippen molar-refractivity contribution in [3.63, 3.8) is 0 Å². The van der Waals surface area contributed by atoms with E-state index in [0.717, 1.165) is 26.1 Å². The fraction of sp³-hybridized carbons (Fsp3) is 1.00. The highest BCUT2D eigenvalue weighted by atomic mass is 16.5. The summed E-state index contributed by atoms with van der Waals surface area (Å²) < 4.78 is 11.1. The topological polar surface area (TPSA) is 18.5 Å². The predicted octanol–water partition coefficient (Wildman–Crippen LogP) is 3.40. The van der Waals surface area contributed by atoms with E-state index in [2.05, 4.69) is 34.6 Å². The average Bonchev–Trinajstić information content (AvgIpc) is 2.00. The Balaban J connectivity index is 3.07. The lowest BCUT2D eigenvalue weighted by molar-refractivity contribution is -0.00576. The van der Waals surface area contributed by atoms with Crippen molar-refractivity contribution in [1.29, 1.82) is 0 Å². The molecule has 0 atom stereocenters. The third-order valence-electron chi connectivity index (χ3n) is 1.77. The van der Waals surface area contributed by atoms with Gasteiger partial charge in [0.25, 0.3) is 0 Å². The van der Waals surface area contributed by atoms with Crippen LogP contribution in [0.25, 0.3) is 0 Å². The van der Waals surface area contributed by atoms with Crippen molar-refractivity contribution in [3.05, 3.63) is 0 Å². The van der Waals surface area contributed by atoms with E-state index in [1.165, 1.54) is 6.42 Å². The molecule has 14 heavy (non-hydrogen) atoms. The zero-order chi connectivity index (χ0) is 11.0. The molecule has 0 aliphatic rings. The quantitative estimate of drug-likeness (QED) is 0.589. The van der Waals surface area contributed by atoms with Crippen molar-refractivity contribution in [2.75, 3.05) is 13.2 Å². The van der Waals surface area contributed by atoms with Crippen LogP contribution in [-0.4, -0.2) is 24.9 Å². The maximum atomic E-state index is 5.62. The van der Waals surface area contributed by atoms with Crippen LogP contribution in [0.2, 0.25) is 0 Å². The first-order valence-electron chi connectivity index (χ1n) is 5.67. The summed E-state index contributed by atoms with van der Waals surface area (Å²) in [5, 5.41) is 0.